The lowest BCUT2D eigenvalue weighted by molar-refractivity contribution is -0.134. The van der Waals surface area contributed by atoms with Gasteiger partial charge in [0.05, 0.1) is 29.3 Å². The second kappa shape index (κ2) is 9.43. The summed E-state index contributed by atoms with van der Waals surface area (Å²) in [6, 6.07) is 8.74. The summed E-state index contributed by atoms with van der Waals surface area (Å²) in [5.74, 6) is 0.590. The van der Waals surface area contributed by atoms with Crippen molar-refractivity contribution in [3.05, 3.63) is 46.4 Å². The number of carbonyl (C=O) groups excluding carboxylic acids is 1. The Kier molecular flexibility index (Phi) is 6.63. The first-order valence-electron chi connectivity index (χ1n) is 10.9. The van der Waals surface area contributed by atoms with Crippen LogP contribution in [0.3, 0.4) is 0 Å². The molecule has 1 aliphatic heterocycles. The monoisotopic (exact) mass is 456 g/mol. The molecule has 0 spiro atoms. The number of nitrogens with zero attached hydrogens (tertiary/aromatic N) is 4. The van der Waals surface area contributed by atoms with Crippen LogP contribution in [0, 0.1) is 17.1 Å². The van der Waals surface area contributed by atoms with Crippen LogP contribution in [0.2, 0.25) is 5.02 Å². The van der Waals surface area contributed by atoms with Gasteiger partial charge in [0.25, 0.3) is 0 Å². The SMILES string of the molecule is COCCC(=O)N1CCN(c2nc(C3CC3)c(-c3ccc(F)c(Cl)c3)cc2C#N)C[C@H]1C. The van der Waals surface area contributed by atoms with Crippen LogP contribution in [-0.4, -0.2) is 55.2 Å². The van der Waals surface area contributed by atoms with Gasteiger partial charge in [-0.15, -0.1) is 0 Å². The number of pyridine rings is 1. The number of methoxy groups -OCH3 is 1. The number of aromatic nitrogens is 1. The molecule has 1 aromatic carbocycles. The van der Waals surface area contributed by atoms with E-state index in [-0.39, 0.29) is 17.0 Å². The largest absolute Gasteiger partial charge is 0.384 e. The molecule has 6 nitrogen and oxygen atoms in total. The smallest absolute Gasteiger partial charge is 0.225 e. The van der Waals surface area contributed by atoms with E-state index in [2.05, 4.69) is 11.0 Å². The number of ether oxygens (including phenoxy) is 1. The molecule has 1 saturated carbocycles. The highest BCUT2D eigenvalue weighted by Gasteiger charge is 2.33. The summed E-state index contributed by atoms with van der Waals surface area (Å²) >= 11 is 6.02. The third-order valence-electron chi connectivity index (χ3n) is 6.11. The molecule has 0 radical (unpaired) electrons. The van der Waals surface area contributed by atoms with E-state index in [1.54, 1.807) is 19.2 Å². The topological polar surface area (TPSA) is 69.5 Å². The third kappa shape index (κ3) is 4.57. The molecule has 1 atom stereocenters. The maximum absolute atomic E-state index is 13.7. The number of hydrogen-bond donors (Lipinski definition) is 0. The van der Waals surface area contributed by atoms with E-state index < -0.39 is 5.82 Å². The lowest BCUT2D eigenvalue weighted by Crippen LogP contribution is -2.54. The minimum absolute atomic E-state index is 0.00130. The summed E-state index contributed by atoms with van der Waals surface area (Å²) < 4.78 is 18.7. The van der Waals surface area contributed by atoms with E-state index in [0.717, 1.165) is 29.7 Å². The van der Waals surface area contributed by atoms with Crippen molar-refractivity contribution in [1.82, 2.24) is 9.88 Å². The van der Waals surface area contributed by atoms with Crippen molar-refractivity contribution in [2.45, 2.75) is 38.1 Å². The molecule has 1 aromatic heterocycles. The highest BCUT2D eigenvalue weighted by molar-refractivity contribution is 6.31. The molecule has 32 heavy (non-hydrogen) atoms. The first kappa shape index (κ1) is 22.5. The van der Waals surface area contributed by atoms with Gasteiger partial charge in [-0.2, -0.15) is 5.26 Å². The number of rotatable bonds is 6. The molecule has 0 unspecified atom stereocenters. The number of piperazine rings is 1. The molecular weight excluding hydrogens is 431 g/mol. The molecule has 0 N–H and O–H groups in total. The van der Waals surface area contributed by atoms with Gasteiger partial charge in [-0.3, -0.25) is 4.79 Å². The molecule has 168 valence electrons. The molecule has 8 heteroatoms. The number of anilines is 1. The molecule has 2 aliphatic rings. The Morgan fingerprint density at radius 3 is 2.75 bits per heavy atom. The van der Waals surface area contributed by atoms with E-state index in [9.17, 15) is 14.4 Å². The maximum atomic E-state index is 13.7. The van der Waals surface area contributed by atoms with Crippen molar-refractivity contribution in [3.63, 3.8) is 0 Å². The molecule has 1 aliphatic carbocycles. The van der Waals surface area contributed by atoms with Crippen molar-refractivity contribution in [2.75, 3.05) is 38.3 Å². The molecule has 1 saturated heterocycles. The van der Waals surface area contributed by atoms with Gasteiger partial charge in [0, 0.05) is 44.3 Å². The van der Waals surface area contributed by atoms with Crippen LogP contribution in [-0.2, 0) is 9.53 Å². The van der Waals surface area contributed by atoms with Gasteiger partial charge >= 0.3 is 0 Å². The van der Waals surface area contributed by atoms with Crippen LogP contribution in [0.15, 0.2) is 24.3 Å². The fraction of sp³-hybridized carbons (Fsp3) is 0.458. The van der Waals surface area contributed by atoms with Gasteiger partial charge in [0.1, 0.15) is 17.7 Å². The molecular formula is C24H26ClFN4O2. The van der Waals surface area contributed by atoms with Crippen LogP contribution in [0.25, 0.3) is 11.1 Å². The van der Waals surface area contributed by atoms with Crippen molar-refractivity contribution in [3.8, 4) is 17.2 Å². The quantitative estimate of drug-likeness (QED) is 0.645. The number of halogens is 2. The summed E-state index contributed by atoms with van der Waals surface area (Å²) in [6.45, 7) is 4.21. The lowest BCUT2D eigenvalue weighted by Gasteiger charge is -2.41. The molecule has 0 bridgehead atoms. The zero-order chi connectivity index (χ0) is 22.8. The average molecular weight is 457 g/mol. The Bertz CT molecular complexity index is 1070. The van der Waals surface area contributed by atoms with Crippen LogP contribution in [0.1, 0.15) is 43.4 Å². The summed E-state index contributed by atoms with van der Waals surface area (Å²) in [4.78, 5) is 21.4. The maximum Gasteiger partial charge on any atom is 0.225 e. The molecule has 1 amide bonds. The summed E-state index contributed by atoms with van der Waals surface area (Å²) in [7, 11) is 1.59. The minimum atomic E-state index is -0.472. The first-order chi connectivity index (χ1) is 15.4. The van der Waals surface area contributed by atoms with Crippen LogP contribution >= 0.6 is 11.6 Å². The highest BCUT2D eigenvalue weighted by Crippen LogP contribution is 2.45. The van der Waals surface area contributed by atoms with Crippen molar-refractivity contribution >= 4 is 23.3 Å². The van der Waals surface area contributed by atoms with Gasteiger partial charge in [-0.25, -0.2) is 9.37 Å². The molecule has 4 rings (SSSR count). The summed E-state index contributed by atoms with van der Waals surface area (Å²) in [5.41, 5.74) is 2.98. The number of nitriles is 1. The normalized spacial score (nSPS) is 18.5. The standard InChI is InChI=1S/C24H26ClFN4O2/c1-15-14-29(8-9-30(15)22(31)7-10-32-2)24-18(13-27)11-19(23(28-24)16-3-4-16)17-5-6-21(26)20(25)12-17/h5-6,11-12,15-16H,3-4,7-10,14H2,1-2H3/t15-/m1/s1. The van der Waals surface area contributed by atoms with E-state index >= 15 is 0 Å². The van der Waals surface area contributed by atoms with E-state index in [1.165, 1.54) is 6.07 Å². The number of carbonyl (C=O) groups is 1. The fourth-order valence-corrected chi connectivity index (χ4v) is 4.44. The number of hydrogen-bond acceptors (Lipinski definition) is 5. The Labute approximate surface area is 192 Å². The Hall–Kier alpha value is -2.69. The Balaban J connectivity index is 1.64. The average Bonchev–Trinajstić information content (AvgIpc) is 3.63. The lowest BCUT2D eigenvalue weighted by atomic mass is 9.99. The summed E-state index contributed by atoms with van der Waals surface area (Å²) in [6.07, 6.45) is 2.44. The minimum Gasteiger partial charge on any atom is -0.384 e. The Morgan fingerprint density at radius 1 is 1.34 bits per heavy atom. The highest BCUT2D eigenvalue weighted by atomic mass is 35.5. The second-order valence-electron chi connectivity index (χ2n) is 8.43. The molecule has 2 heterocycles. The number of benzene rings is 1. The second-order valence-corrected chi connectivity index (χ2v) is 8.84. The van der Waals surface area contributed by atoms with E-state index in [4.69, 9.17) is 21.3 Å². The summed E-state index contributed by atoms with van der Waals surface area (Å²) in [5, 5.41) is 9.94. The van der Waals surface area contributed by atoms with Crippen LogP contribution < -0.4 is 4.90 Å². The molecule has 2 aromatic rings. The Morgan fingerprint density at radius 2 is 2.12 bits per heavy atom. The van der Waals surface area contributed by atoms with Gasteiger partial charge in [-0.05, 0) is 43.5 Å². The van der Waals surface area contributed by atoms with Crippen molar-refractivity contribution < 1.29 is 13.9 Å². The van der Waals surface area contributed by atoms with Gasteiger partial charge in [0.2, 0.25) is 5.91 Å². The van der Waals surface area contributed by atoms with Crippen LogP contribution in [0.5, 0.6) is 0 Å². The molecule has 2 fully saturated rings. The van der Waals surface area contributed by atoms with Crippen molar-refractivity contribution in [1.29, 1.82) is 5.26 Å². The zero-order valence-corrected chi connectivity index (χ0v) is 19.0. The van der Waals surface area contributed by atoms with Gasteiger partial charge < -0.3 is 14.5 Å². The number of amides is 1. The third-order valence-corrected chi connectivity index (χ3v) is 6.40. The van der Waals surface area contributed by atoms with E-state index in [1.807, 2.05) is 17.9 Å². The van der Waals surface area contributed by atoms with Gasteiger partial charge in [0.15, 0.2) is 0 Å². The fourth-order valence-electron chi connectivity index (χ4n) is 4.26. The zero-order valence-electron chi connectivity index (χ0n) is 18.3. The predicted molar refractivity (Wildman–Crippen MR) is 121 cm³/mol. The van der Waals surface area contributed by atoms with E-state index in [0.29, 0.717) is 50.0 Å². The predicted octanol–water partition coefficient (Wildman–Crippen LogP) is 4.36. The van der Waals surface area contributed by atoms with Gasteiger partial charge in [-0.1, -0.05) is 17.7 Å². The first-order valence-corrected chi connectivity index (χ1v) is 11.2. The van der Waals surface area contributed by atoms with Crippen LogP contribution in [0.4, 0.5) is 10.2 Å². The van der Waals surface area contributed by atoms with Crippen molar-refractivity contribution in [2.24, 2.45) is 0 Å².